The van der Waals surface area contributed by atoms with Crippen LogP contribution in [0.3, 0.4) is 0 Å². The molecule has 3 nitrogen and oxygen atoms in total. The fraction of sp³-hybridized carbons (Fsp3) is 0.342. The lowest BCUT2D eigenvalue weighted by Crippen LogP contribution is -2.50. The minimum Gasteiger partial charge on any atom is -0.384 e. The highest BCUT2D eigenvalue weighted by molar-refractivity contribution is 5.97. The minimum absolute atomic E-state index is 0.0110. The van der Waals surface area contributed by atoms with E-state index in [1.807, 2.05) is 63.3 Å². The van der Waals surface area contributed by atoms with E-state index in [0.717, 1.165) is 23.1 Å². The van der Waals surface area contributed by atoms with E-state index in [-0.39, 0.29) is 24.4 Å². The molecule has 216 valence electrons. The first-order chi connectivity index (χ1) is 19.2. The summed E-state index contributed by atoms with van der Waals surface area (Å²) in [7, 11) is 0. The molecule has 0 aromatic carbocycles. The van der Waals surface area contributed by atoms with Gasteiger partial charge in [0.05, 0.1) is 5.60 Å². The van der Waals surface area contributed by atoms with Gasteiger partial charge in [-0.2, -0.15) is 0 Å². The Labute approximate surface area is 247 Å². The first-order valence-corrected chi connectivity index (χ1v) is 14.2. The number of Topliss-reactive ketones (excluding diaryl/α,β-unsaturated/α-hetero) is 1. The second-order valence-corrected chi connectivity index (χ2v) is 11.7. The fourth-order valence-electron chi connectivity index (χ4n) is 4.67. The van der Waals surface area contributed by atoms with Crippen LogP contribution < -0.4 is 0 Å². The van der Waals surface area contributed by atoms with E-state index in [0.29, 0.717) is 11.1 Å². The van der Waals surface area contributed by atoms with Gasteiger partial charge < -0.3 is 5.11 Å². The van der Waals surface area contributed by atoms with Crippen LogP contribution in [0.2, 0.25) is 0 Å². The van der Waals surface area contributed by atoms with Gasteiger partial charge in [-0.3, -0.25) is 9.59 Å². The normalized spacial score (nSPS) is 22.5. The van der Waals surface area contributed by atoms with Crippen molar-refractivity contribution in [1.82, 2.24) is 0 Å². The summed E-state index contributed by atoms with van der Waals surface area (Å²) in [5.41, 5.74) is 8.32. The third-order valence-corrected chi connectivity index (χ3v) is 7.63. The monoisotopic (exact) mass is 550 g/mol. The molecule has 0 fully saturated rings. The summed E-state index contributed by atoms with van der Waals surface area (Å²) in [6, 6.07) is 0. The number of aliphatic hydroxyl groups is 1. The van der Waals surface area contributed by atoms with Gasteiger partial charge in [0.2, 0.25) is 0 Å². The Balaban J connectivity index is 1.92. The predicted molar refractivity (Wildman–Crippen MR) is 173 cm³/mol. The van der Waals surface area contributed by atoms with E-state index in [9.17, 15) is 14.7 Å². The van der Waals surface area contributed by atoms with Crippen molar-refractivity contribution in [2.75, 3.05) is 0 Å². The standard InChI is InChI=1S/C38H46O3/c1-28(17-13-18-30(3)23-24-34-22-12-11-20-31(34)4)15-9-10-16-29(2)19-14-21-32(5)36(40)27-38(41)33(6)25-35(39)26-37(38,7)8/h9-21,23,25,41H,22,26-27H2,1-8H3/b10-9+,17-13+,19-14+,28-15+,29-16+,30-18+,32-21+. The molecular formula is C38H46O3. The molecule has 1 unspecified atom stereocenters. The molecular weight excluding hydrogens is 504 g/mol. The molecule has 0 aromatic rings. The molecule has 0 spiro atoms. The molecule has 0 amide bonds. The topological polar surface area (TPSA) is 54.4 Å². The van der Waals surface area contributed by atoms with Gasteiger partial charge in [0.15, 0.2) is 11.6 Å². The molecule has 0 saturated carbocycles. The predicted octanol–water partition coefficient (Wildman–Crippen LogP) is 9.06. The molecule has 0 aliphatic heterocycles. The number of carbonyl (C=O) groups is 2. The third kappa shape index (κ3) is 10.3. The second kappa shape index (κ2) is 15.3. The Morgan fingerprint density at radius 3 is 2.10 bits per heavy atom. The maximum absolute atomic E-state index is 12.9. The van der Waals surface area contributed by atoms with Crippen molar-refractivity contribution >= 4 is 11.6 Å². The molecule has 1 N–H and O–H groups in total. The Kier molecular flexibility index (Phi) is 12.5. The zero-order chi connectivity index (χ0) is 30.6. The molecule has 0 heterocycles. The lowest BCUT2D eigenvalue weighted by atomic mass is 9.62. The highest BCUT2D eigenvalue weighted by atomic mass is 16.3. The van der Waals surface area contributed by atoms with Crippen LogP contribution in [0, 0.1) is 5.41 Å². The van der Waals surface area contributed by atoms with Crippen LogP contribution in [0.5, 0.6) is 0 Å². The summed E-state index contributed by atoms with van der Waals surface area (Å²) in [4.78, 5) is 24.8. The lowest BCUT2D eigenvalue weighted by molar-refractivity contribution is -0.132. The molecule has 0 aromatic heterocycles. The van der Waals surface area contributed by atoms with Gasteiger partial charge in [-0.05, 0) is 82.4 Å². The van der Waals surface area contributed by atoms with Crippen LogP contribution in [-0.2, 0) is 9.59 Å². The van der Waals surface area contributed by atoms with Crippen molar-refractivity contribution in [2.45, 2.75) is 80.3 Å². The molecule has 2 aliphatic carbocycles. The zero-order valence-corrected chi connectivity index (χ0v) is 26.0. The largest absolute Gasteiger partial charge is 0.384 e. The molecule has 2 aliphatic rings. The van der Waals surface area contributed by atoms with Gasteiger partial charge in [0.1, 0.15) is 0 Å². The highest BCUT2D eigenvalue weighted by Crippen LogP contribution is 2.45. The van der Waals surface area contributed by atoms with Crippen molar-refractivity contribution in [3.63, 3.8) is 0 Å². The van der Waals surface area contributed by atoms with Crippen LogP contribution in [0.15, 0.2) is 136 Å². The number of hydrogen-bond donors (Lipinski definition) is 1. The van der Waals surface area contributed by atoms with E-state index >= 15 is 0 Å². The number of rotatable bonds is 10. The smallest absolute Gasteiger partial charge is 0.161 e. The van der Waals surface area contributed by atoms with Crippen molar-refractivity contribution in [1.29, 1.82) is 0 Å². The van der Waals surface area contributed by atoms with Crippen LogP contribution in [-0.4, -0.2) is 22.3 Å². The van der Waals surface area contributed by atoms with Crippen LogP contribution in [0.1, 0.15) is 74.7 Å². The lowest BCUT2D eigenvalue weighted by Gasteiger charge is -2.45. The summed E-state index contributed by atoms with van der Waals surface area (Å²) in [5.74, 6) is -0.141. The first kappa shape index (κ1) is 33.4. The maximum Gasteiger partial charge on any atom is 0.161 e. The van der Waals surface area contributed by atoms with Crippen LogP contribution >= 0.6 is 0 Å². The first-order valence-electron chi connectivity index (χ1n) is 14.2. The Bertz CT molecular complexity index is 1400. The van der Waals surface area contributed by atoms with Gasteiger partial charge in [-0.25, -0.2) is 0 Å². The Hall–Kier alpha value is -3.78. The van der Waals surface area contributed by atoms with Gasteiger partial charge in [-0.1, -0.05) is 104 Å². The molecule has 0 radical (unpaired) electrons. The van der Waals surface area contributed by atoms with Crippen LogP contribution in [0.4, 0.5) is 0 Å². The van der Waals surface area contributed by atoms with Crippen molar-refractivity contribution in [3.05, 3.63) is 136 Å². The van der Waals surface area contributed by atoms with Crippen LogP contribution in [0.25, 0.3) is 0 Å². The van der Waals surface area contributed by atoms with E-state index < -0.39 is 11.0 Å². The summed E-state index contributed by atoms with van der Waals surface area (Å²) in [6.45, 7) is 15.4. The number of ketones is 2. The third-order valence-electron chi connectivity index (χ3n) is 7.63. The number of hydrogen-bond acceptors (Lipinski definition) is 3. The van der Waals surface area contributed by atoms with E-state index in [4.69, 9.17) is 0 Å². The maximum atomic E-state index is 12.9. The molecule has 3 heteroatoms. The summed E-state index contributed by atoms with van der Waals surface area (Å²) >= 11 is 0. The SMILES string of the molecule is CC1=CC=CCC1=C=C/C(C)=C/C=C/C(C)=C/C=C/C=C(C)/C=C/C=C(\C)C(=O)CC1(O)C(C)=CC(=O)CC1(C)C. The van der Waals surface area contributed by atoms with Crippen molar-refractivity contribution in [2.24, 2.45) is 5.41 Å². The minimum atomic E-state index is -1.33. The average molecular weight is 551 g/mol. The summed E-state index contributed by atoms with van der Waals surface area (Å²) in [5, 5.41) is 11.3. The summed E-state index contributed by atoms with van der Waals surface area (Å²) in [6.07, 6.45) is 30.8. The van der Waals surface area contributed by atoms with Crippen molar-refractivity contribution in [3.8, 4) is 0 Å². The van der Waals surface area contributed by atoms with Gasteiger partial charge in [0, 0.05) is 23.8 Å². The Morgan fingerprint density at radius 1 is 0.927 bits per heavy atom. The van der Waals surface area contributed by atoms with E-state index in [2.05, 4.69) is 63.0 Å². The second-order valence-electron chi connectivity index (χ2n) is 11.7. The molecule has 1 atom stereocenters. The number of allylic oxidation sites excluding steroid dienone is 20. The van der Waals surface area contributed by atoms with E-state index in [1.165, 1.54) is 17.2 Å². The van der Waals surface area contributed by atoms with Gasteiger partial charge in [-0.15, -0.1) is 5.73 Å². The highest BCUT2D eigenvalue weighted by Gasteiger charge is 2.49. The molecule has 2 rings (SSSR count). The van der Waals surface area contributed by atoms with Crippen molar-refractivity contribution < 1.29 is 14.7 Å². The van der Waals surface area contributed by atoms with Gasteiger partial charge in [0.25, 0.3) is 0 Å². The van der Waals surface area contributed by atoms with Gasteiger partial charge >= 0.3 is 0 Å². The molecule has 41 heavy (non-hydrogen) atoms. The molecule has 0 saturated heterocycles. The average Bonchev–Trinajstić information content (AvgIpc) is 2.89. The Morgan fingerprint density at radius 2 is 1.51 bits per heavy atom. The zero-order valence-electron chi connectivity index (χ0n) is 26.0. The van der Waals surface area contributed by atoms with E-state index in [1.54, 1.807) is 19.9 Å². The number of carbonyl (C=O) groups excluding carboxylic acids is 2. The quantitative estimate of drug-likeness (QED) is 0.168. The summed E-state index contributed by atoms with van der Waals surface area (Å²) < 4.78 is 0. The fourth-order valence-corrected chi connectivity index (χ4v) is 4.67. The molecule has 0 bridgehead atoms.